The summed E-state index contributed by atoms with van der Waals surface area (Å²) in [6.07, 6.45) is 1.77. The number of ether oxygens (including phenoxy) is 1. The molecule has 0 amide bonds. The Balaban J connectivity index is 1.49. The Morgan fingerprint density at radius 2 is 1.74 bits per heavy atom. The first-order valence-corrected chi connectivity index (χ1v) is 14.3. The first kappa shape index (κ1) is 29.7. The highest BCUT2D eigenvalue weighted by molar-refractivity contribution is 5.77. The van der Waals surface area contributed by atoms with Crippen LogP contribution in [0.2, 0.25) is 0 Å². The summed E-state index contributed by atoms with van der Waals surface area (Å²) in [7, 11) is 4.16. The van der Waals surface area contributed by atoms with E-state index >= 15 is 0 Å². The zero-order chi connectivity index (χ0) is 29.9. The van der Waals surface area contributed by atoms with Crippen molar-refractivity contribution in [2.24, 2.45) is 0 Å². The highest BCUT2D eigenvalue weighted by Crippen LogP contribution is 2.37. The lowest BCUT2D eigenvalue weighted by Gasteiger charge is -2.33. The van der Waals surface area contributed by atoms with Gasteiger partial charge in [-0.3, -0.25) is 0 Å². The molecule has 5 rings (SSSR count). The summed E-state index contributed by atoms with van der Waals surface area (Å²) in [5.41, 5.74) is 4.05. The quantitative estimate of drug-likeness (QED) is 0.216. The van der Waals surface area contributed by atoms with Crippen LogP contribution in [0.3, 0.4) is 0 Å². The van der Waals surface area contributed by atoms with Gasteiger partial charge in [-0.05, 0) is 81.7 Å². The normalized spacial score (nSPS) is 15.0. The molecule has 222 valence electrons. The summed E-state index contributed by atoms with van der Waals surface area (Å²) >= 11 is 0. The van der Waals surface area contributed by atoms with Crippen LogP contribution in [0, 0.1) is 6.92 Å². The largest absolute Gasteiger partial charge is 0.424 e. The highest BCUT2D eigenvalue weighted by Gasteiger charge is 2.31. The number of rotatable bonds is 9. The molecule has 2 aromatic carbocycles. The number of aromatic nitrogens is 4. The Labute approximate surface area is 245 Å². The smallest absolute Gasteiger partial charge is 0.416 e. The average molecular weight is 579 g/mol. The molecule has 10 heteroatoms. The molecule has 1 aliphatic heterocycles. The van der Waals surface area contributed by atoms with Crippen LogP contribution in [0.25, 0.3) is 22.6 Å². The zero-order valence-electron chi connectivity index (χ0n) is 24.5. The monoisotopic (exact) mass is 578 g/mol. The second-order valence-electron chi connectivity index (χ2n) is 11.1. The van der Waals surface area contributed by atoms with Gasteiger partial charge in [0.05, 0.1) is 29.0 Å². The predicted molar refractivity (Wildman–Crippen MR) is 158 cm³/mol. The first-order chi connectivity index (χ1) is 20.1. The zero-order valence-corrected chi connectivity index (χ0v) is 24.5. The van der Waals surface area contributed by atoms with Crippen molar-refractivity contribution in [3.63, 3.8) is 0 Å². The molecule has 0 saturated carbocycles. The number of nitrogens with zero attached hydrogens (tertiary/aromatic N) is 6. The Morgan fingerprint density at radius 3 is 2.40 bits per heavy atom. The third kappa shape index (κ3) is 6.99. The van der Waals surface area contributed by atoms with Crippen molar-refractivity contribution >= 4 is 0 Å². The molecule has 0 spiro atoms. The molecule has 3 heterocycles. The minimum absolute atomic E-state index is 0.175. The van der Waals surface area contributed by atoms with E-state index in [0.717, 1.165) is 74.4 Å². The number of imidazole rings is 1. The van der Waals surface area contributed by atoms with E-state index in [2.05, 4.69) is 46.4 Å². The Kier molecular flexibility index (Phi) is 8.93. The molecule has 1 aliphatic rings. The minimum Gasteiger partial charge on any atom is -0.424 e. The second kappa shape index (κ2) is 12.6. The molecule has 0 unspecified atom stereocenters. The third-order valence-corrected chi connectivity index (χ3v) is 7.70. The molecule has 2 aromatic heterocycles. The summed E-state index contributed by atoms with van der Waals surface area (Å²) in [5.74, 6) is 0.658. The molecule has 1 fully saturated rings. The second-order valence-corrected chi connectivity index (χ2v) is 11.1. The molecule has 4 aromatic rings. The summed E-state index contributed by atoms with van der Waals surface area (Å²) in [4.78, 5) is 18.5. The lowest BCUT2D eigenvalue weighted by Crippen LogP contribution is -2.38. The maximum absolute atomic E-state index is 13.3. The summed E-state index contributed by atoms with van der Waals surface area (Å²) in [6, 6.07) is 13.3. The number of hydrogen-bond acceptors (Lipinski definition) is 6. The summed E-state index contributed by atoms with van der Waals surface area (Å²) in [6.45, 7) is 8.03. The van der Waals surface area contributed by atoms with E-state index in [1.54, 1.807) is 18.6 Å². The Morgan fingerprint density at radius 1 is 1.00 bits per heavy atom. The fourth-order valence-electron chi connectivity index (χ4n) is 5.40. The van der Waals surface area contributed by atoms with Gasteiger partial charge in [0.15, 0.2) is 0 Å². The van der Waals surface area contributed by atoms with Crippen molar-refractivity contribution in [3.05, 3.63) is 77.7 Å². The van der Waals surface area contributed by atoms with Gasteiger partial charge in [0.1, 0.15) is 5.75 Å². The van der Waals surface area contributed by atoms with Crippen molar-refractivity contribution in [1.82, 2.24) is 29.3 Å². The van der Waals surface area contributed by atoms with E-state index in [4.69, 9.17) is 14.7 Å². The summed E-state index contributed by atoms with van der Waals surface area (Å²) < 4.78 is 48.1. The van der Waals surface area contributed by atoms with Crippen molar-refractivity contribution in [3.8, 4) is 34.4 Å². The number of likely N-dealkylation sites (tertiary alicyclic amines) is 1. The maximum Gasteiger partial charge on any atom is 0.416 e. The Hall–Kier alpha value is -3.76. The molecular weight excluding hydrogens is 541 g/mol. The number of piperidine rings is 1. The van der Waals surface area contributed by atoms with Gasteiger partial charge < -0.3 is 19.1 Å². The van der Waals surface area contributed by atoms with Gasteiger partial charge in [-0.15, -0.1) is 0 Å². The number of benzene rings is 2. The van der Waals surface area contributed by atoms with Gasteiger partial charge in [0.25, 0.3) is 0 Å². The lowest BCUT2D eigenvalue weighted by molar-refractivity contribution is -0.137. The van der Waals surface area contributed by atoms with E-state index in [-0.39, 0.29) is 12.1 Å². The fraction of sp³-hybridized carbons (Fsp3) is 0.406. The predicted octanol–water partition coefficient (Wildman–Crippen LogP) is 6.89. The van der Waals surface area contributed by atoms with E-state index in [9.17, 15) is 13.2 Å². The molecule has 7 nitrogen and oxygen atoms in total. The first-order valence-electron chi connectivity index (χ1n) is 14.3. The van der Waals surface area contributed by atoms with Gasteiger partial charge in [-0.1, -0.05) is 25.1 Å². The van der Waals surface area contributed by atoms with E-state index in [1.807, 2.05) is 19.1 Å². The number of aryl methyl sites for hydroxylation is 2. The molecular formula is C32H37F3N6O. The third-order valence-electron chi connectivity index (χ3n) is 7.70. The van der Waals surface area contributed by atoms with Gasteiger partial charge in [0.2, 0.25) is 0 Å². The lowest BCUT2D eigenvalue weighted by atomic mass is 10.0. The van der Waals surface area contributed by atoms with Crippen molar-refractivity contribution < 1.29 is 17.9 Å². The van der Waals surface area contributed by atoms with Crippen LogP contribution in [0.15, 0.2) is 61.1 Å². The van der Waals surface area contributed by atoms with Gasteiger partial charge in [-0.25, -0.2) is 9.97 Å². The van der Waals surface area contributed by atoms with E-state index in [0.29, 0.717) is 22.7 Å². The van der Waals surface area contributed by atoms with Crippen LogP contribution in [0.5, 0.6) is 11.8 Å². The summed E-state index contributed by atoms with van der Waals surface area (Å²) in [5, 5.41) is 0. The molecule has 0 bridgehead atoms. The topological polar surface area (TPSA) is 59.3 Å². The average Bonchev–Trinajstić information content (AvgIpc) is 3.41. The van der Waals surface area contributed by atoms with Crippen LogP contribution in [-0.4, -0.2) is 69.6 Å². The SMILES string of the molecule is CCc1cc(C)cc(Oc2nccc(-c3c(-c4ccc(C(F)(F)F)cc4)ncn3C3CCN(CCN(C)C)CC3)n2)c1. The molecule has 42 heavy (non-hydrogen) atoms. The molecule has 0 N–H and O–H groups in total. The van der Waals surface area contributed by atoms with Crippen LogP contribution in [-0.2, 0) is 12.6 Å². The van der Waals surface area contributed by atoms with Gasteiger partial charge in [-0.2, -0.15) is 18.2 Å². The number of halogens is 3. The maximum atomic E-state index is 13.3. The number of alkyl halides is 3. The molecule has 1 saturated heterocycles. The van der Waals surface area contributed by atoms with Gasteiger partial charge >= 0.3 is 12.2 Å². The Bertz CT molecular complexity index is 1490. The number of likely N-dealkylation sites (N-methyl/N-ethyl adjacent to an activating group) is 1. The van der Waals surface area contributed by atoms with E-state index in [1.165, 1.54) is 12.1 Å². The van der Waals surface area contributed by atoms with Crippen molar-refractivity contribution in [1.29, 1.82) is 0 Å². The van der Waals surface area contributed by atoms with Gasteiger partial charge in [0, 0.05) is 44.0 Å². The van der Waals surface area contributed by atoms with Crippen molar-refractivity contribution in [2.75, 3.05) is 40.3 Å². The van der Waals surface area contributed by atoms with Crippen molar-refractivity contribution in [2.45, 2.75) is 45.3 Å². The van der Waals surface area contributed by atoms with Crippen LogP contribution >= 0.6 is 0 Å². The van der Waals surface area contributed by atoms with Crippen LogP contribution in [0.4, 0.5) is 13.2 Å². The minimum atomic E-state index is -4.41. The standard InChI is InChI=1S/C32H37F3N6O/c1-5-23-18-22(2)19-27(20-23)42-31-36-13-10-28(38-31)30-29(24-6-8-25(9-7-24)32(33,34)35)37-21-41(30)26-11-14-40(15-12-26)17-16-39(3)4/h6-10,13,18-21,26H,5,11-12,14-17H2,1-4H3. The molecule has 0 aliphatic carbocycles. The molecule has 0 atom stereocenters. The highest BCUT2D eigenvalue weighted by atomic mass is 19.4. The van der Waals surface area contributed by atoms with Crippen LogP contribution < -0.4 is 4.74 Å². The number of hydrogen-bond donors (Lipinski definition) is 0. The fourth-order valence-corrected chi connectivity index (χ4v) is 5.40. The van der Waals surface area contributed by atoms with E-state index < -0.39 is 11.7 Å². The molecule has 0 radical (unpaired) electrons. The van der Waals surface area contributed by atoms with Crippen LogP contribution in [0.1, 0.15) is 42.5 Å².